The third-order valence-corrected chi connectivity index (χ3v) is 6.07. The van der Waals surface area contributed by atoms with Crippen LogP contribution in [-0.2, 0) is 9.84 Å². The molecule has 146 valence electrons. The van der Waals surface area contributed by atoms with E-state index in [9.17, 15) is 22.0 Å². The van der Waals surface area contributed by atoms with E-state index in [2.05, 4.69) is 10.1 Å². The number of sulfone groups is 1. The Balaban J connectivity index is 2.14. The topological polar surface area (TPSA) is 84.9 Å². The van der Waals surface area contributed by atoms with Crippen LogP contribution in [0.15, 0.2) is 18.2 Å². The maximum absolute atomic E-state index is 12.5. The Morgan fingerprint density at radius 3 is 2.58 bits per heavy atom. The zero-order chi connectivity index (χ0) is 19.5. The predicted molar refractivity (Wildman–Crippen MR) is 92.7 cm³/mol. The normalized spacial score (nSPS) is 20.1. The number of methoxy groups -OCH3 is 1. The molecular formula is C16H22F2N2O5S. The molecule has 0 aliphatic heterocycles. The van der Waals surface area contributed by atoms with Crippen molar-refractivity contribution in [3.63, 3.8) is 0 Å². The lowest BCUT2D eigenvalue weighted by molar-refractivity contribution is -0.0511. The Hall–Kier alpha value is -2.10. The molecule has 0 saturated heterocycles. The lowest BCUT2D eigenvalue weighted by Crippen LogP contribution is -2.46. The highest BCUT2D eigenvalue weighted by atomic mass is 32.2. The van der Waals surface area contributed by atoms with Crippen LogP contribution in [0, 0.1) is 0 Å². The number of ether oxygens (including phenoxy) is 2. The highest BCUT2D eigenvalue weighted by Crippen LogP contribution is 2.32. The second kappa shape index (κ2) is 8.07. The van der Waals surface area contributed by atoms with Gasteiger partial charge in [0.05, 0.1) is 12.4 Å². The Morgan fingerprint density at radius 1 is 1.31 bits per heavy atom. The Kier molecular flexibility index (Phi) is 6.27. The first-order chi connectivity index (χ1) is 12.1. The number of rotatable bonds is 6. The van der Waals surface area contributed by atoms with Gasteiger partial charge in [-0.3, -0.25) is 0 Å². The SMILES string of the molecule is COc1ccc(NC(=O)N(C)[C@H]2CCC[C@@H]2S(C)(=O)=O)cc1OC(F)F. The van der Waals surface area contributed by atoms with E-state index in [1.54, 1.807) is 0 Å². The first-order valence-electron chi connectivity index (χ1n) is 7.99. The van der Waals surface area contributed by atoms with Gasteiger partial charge >= 0.3 is 12.6 Å². The van der Waals surface area contributed by atoms with Crippen LogP contribution in [0.2, 0.25) is 0 Å². The number of halogens is 2. The fraction of sp³-hybridized carbons (Fsp3) is 0.562. The number of nitrogens with one attached hydrogen (secondary N) is 1. The molecule has 0 unspecified atom stereocenters. The van der Waals surface area contributed by atoms with E-state index < -0.39 is 33.8 Å². The highest BCUT2D eigenvalue weighted by Gasteiger charge is 2.38. The molecule has 0 spiro atoms. The zero-order valence-corrected chi connectivity index (χ0v) is 15.6. The Bertz CT molecular complexity index is 757. The number of alkyl halides is 2. The van der Waals surface area contributed by atoms with Gasteiger partial charge in [-0.2, -0.15) is 8.78 Å². The van der Waals surface area contributed by atoms with Crippen molar-refractivity contribution in [2.24, 2.45) is 0 Å². The molecule has 26 heavy (non-hydrogen) atoms. The van der Waals surface area contributed by atoms with Crippen molar-refractivity contribution in [2.45, 2.75) is 37.2 Å². The summed E-state index contributed by atoms with van der Waals surface area (Å²) >= 11 is 0. The Morgan fingerprint density at radius 2 is 2.00 bits per heavy atom. The molecule has 0 aromatic heterocycles. The molecular weight excluding hydrogens is 370 g/mol. The summed E-state index contributed by atoms with van der Waals surface area (Å²) in [6.07, 6.45) is 2.98. The average molecular weight is 392 g/mol. The Labute approximate surface area is 151 Å². The molecule has 7 nitrogen and oxygen atoms in total. The molecule has 1 aliphatic rings. The van der Waals surface area contributed by atoms with Gasteiger partial charge in [0.15, 0.2) is 21.3 Å². The van der Waals surface area contributed by atoms with E-state index in [1.807, 2.05) is 0 Å². The second-order valence-corrected chi connectivity index (χ2v) is 8.42. The molecule has 1 N–H and O–H groups in total. The maximum atomic E-state index is 12.5. The van der Waals surface area contributed by atoms with Crippen molar-refractivity contribution in [2.75, 3.05) is 25.7 Å². The molecule has 0 heterocycles. The van der Waals surface area contributed by atoms with Gasteiger partial charge in [-0.15, -0.1) is 0 Å². The van der Waals surface area contributed by atoms with Crippen molar-refractivity contribution in [3.8, 4) is 11.5 Å². The minimum absolute atomic E-state index is 0.101. The van der Waals surface area contributed by atoms with Gasteiger partial charge in [-0.25, -0.2) is 13.2 Å². The van der Waals surface area contributed by atoms with E-state index in [0.29, 0.717) is 12.8 Å². The van der Waals surface area contributed by atoms with Gasteiger partial charge in [0, 0.05) is 31.1 Å². The van der Waals surface area contributed by atoms with Crippen LogP contribution in [0.25, 0.3) is 0 Å². The molecule has 1 fully saturated rings. The molecule has 0 radical (unpaired) electrons. The highest BCUT2D eigenvalue weighted by molar-refractivity contribution is 7.91. The van der Waals surface area contributed by atoms with Crippen LogP contribution in [0.1, 0.15) is 19.3 Å². The molecule has 1 aromatic carbocycles. The molecule has 10 heteroatoms. The molecule has 1 saturated carbocycles. The summed E-state index contributed by atoms with van der Waals surface area (Å²) in [5.74, 6) is -0.109. The van der Waals surface area contributed by atoms with Crippen LogP contribution < -0.4 is 14.8 Å². The lowest BCUT2D eigenvalue weighted by atomic mass is 10.2. The number of benzene rings is 1. The predicted octanol–water partition coefficient (Wildman–Crippen LogP) is 2.73. The fourth-order valence-electron chi connectivity index (χ4n) is 3.15. The summed E-state index contributed by atoms with van der Waals surface area (Å²) in [6.45, 7) is -3.04. The quantitative estimate of drug-likeness (QED) is 0.805. The summed E-state index contributed by atoms with van der Waals surface area (Å²) in [5, 5.41) is 1.96. The first-order valence-corrected chi connectivity index (χ1v) is 9.94. The van der Waals surface area contributed by atoms with E-state index in [4.69, 9.17) is 4.74 Å². The van der Waals surface area contributed by atoms with Crippen LogP contribution >= 0.6 is 0 Å². The zero-order valence-electron chi connectivity index (χ0n) is 14.7. The van der Waals surface area contributed by atoms with Gasteiger partial charge in [-0.1, -0.05) is 0 Å². The first kappa shape index (κ1) is 20.2. The summed E-state index contributed by atoms with van der Waals surface area (Å²) in [6, 6.07) is 3.13. The molecule has 2 rings (SSSR count). The molecule has 1 aliphatic carbocycles. The minimum Gasteiger partial charge on any atom is -0.493 e. The summed E-state index contributed by atoms with van der Waals surface area (Å²) < 4.78 is 58.1. The molecule has 2 amide bonds. The summed E-state index contributed by atoms with van der Waals surface area (Å²) in [4.78, 5) is 13.8. The molecule has 2 atom stereocenters. The van der Waals surface area contributed by atoms with Gasteiger partial charge < -0.3 is 19.7 Å². The molecule has 1 aromatic rings. The second-order valence-electron chi connectivity index (χ2n) is 6.15. The third kappa shape index (κ3) is 4.75. The average Bonchev–Trinajstić information content (AvgIpc) is 3.03. The monoisotopic (exact) mass is 392 g/mol. The van der Waals surface area contributed by atoms with E-state index >= 15 is 0 Å². The van der Waals surface area contributed by atoms with E-state index in [-0.39, 0.29) is 17.2 Å². The van der Waals surface area contributed by atoms with Gasteiger partial charge in [-0.05, 0) is 31.4 Å². The minimum atomic E-state index is -3.27. The number of nitrogens with zero attached hydrogens (tertiary/aromatic N) is 1. The maximum Gasteiger partial charge on any atom is 0.387 e. The fourth-order valence-corrected chi connectivity index (χ4v) is 4.64. The van der Waals surface area contributed by atoms with Crippen LogP contribution in [0.4, 0.5) is 19.3 Å². The van der Waals surface area contributed by atoms with E-state index in [0.717, 1.165) is 6.42 Å². The van der Waals surface area contributed by atoms with Gasteiger partial charge in [0.25, 0.3) is 0 Å². The smallest absolute Gasteiger partial charge is 0.387 e. The number of hydrogen-bond donors (Lipinski definition) is 1. The number of urea groups is 1. The van der Waals surface area contributed by atoms with Crippen molar-refractivity contribution in [3.05, 3.63) is 18.2 Å². The lowest BCUT2D eigenvalue weighted by Gasteiger charge is -2.29. The third-order valence-electron chi connectivity index (χ3n) is 4.42. The number of amides is 2. The summed E-state index contributed by atoms with van der Waals surface area (Å²) in [5.41, 5.74) is 0.229. The number of anilines is 1. The standard InChI is InChI=1S/C16H22F2N2O5S/c1-20(11-5-4-6-14(11)26(3,22)23)16(21)19-10-7-8-12(24-2)13(9-10)25-15(17)18/h7-9,11,14-15H,4-6H2,1-3H3,(H,19,21)/t11-,14-/m0/s1. The van der Waals surface area contributed by atoms with Crippen molar-refractivity contribution < 1.29 is 31.5 Å². The van der Waals surface area contributed by atoms with Crippen molar-refractivity contribution in [1.82, 2.24) is 4.90 Å². The van der Waals surface area contributed by atoms with Gasteiger partial charge in [0.1, 0.15) is 0 Å². The van der Waals surface area contributed by atoms with Crippen molar-refractivity contribution >= 4 is 21.6 Å². The van der Waals surface area contributed by atoms with Crippen LogP contribution in [0.5, 0.6) is 11.5 Å². The van der Waals surface area contributed by atoms with Gasteiger partial charge in [0.2, 0.25) is 0 Å². The number of carbonyl (C=O) groups excluding carboxylic acids is 1. The van der Waals surface area contributed by atoms with E-state index in [1.165, 1.54) is 43.5 Å². The van der Waals surface area contributed by atoms with Crippen molar-refractivity contribution in [1.29, 1.82) is 0 Å². The van der Waals surface area contributed by atoms with Crippen LogP contribution in [0.3, 0.4) is 0 Å². The number of hydrogen-bond acceptors (Lipinski definition) is 5. The summed E-state index contributed by atoms with van der Waals surface area (Å²) in [7, 11) is -0.446. The largest absolute Gasteiger partial charge is 0.493 e. The van der Waals surface area contributed by atoms with Crippen LogP contribution in [-0.4, -0.2) is 57.7 Å². The molecule has 0 bridgehead atoms. The number of carbonyl (C=O) groups is 1.